The number of anilines is 1. The Morgan fingerprint density at radius 2 is 2.28 bits per heavy atom. The fraction of sp³-hybridized carbons (Fsp3) is 0.231. The van der Waals surface area contributed by atoms with E-state index in [1.54, 1.807) is 18.5 Å². The second kappa shape index (κ2) is 4.91. The summed E-state index contributed by atoms with van der Waals surface area (Å²) in [6.07, 6.45) is 3.44. The van der Waals surface area contributed by atoms with Crippen LogP contribution in [-0.2, 0) is 0 Å². The Balaban J connectivity index is 2.15. The Kier molecular flexibility index (Phi) is 3.32. The van der Waals surface area contributed by atoms with E-state index in [2.05, 4.69) is 15.5 Å². The van der Waals surface area contributed by atoms with Gasteiger partial charge in [0, 0.05) is 17.4 Å². The number of benzene rings is 1. The standard InChI is InChI=1S/C13H16N4O/c1-8-4-3-5-11(12(8)14)13(18)17-9(2)10-6-15-16-7-10/h3-7,9H,14H2,1-2H3,(H,15,16)(H,17,18). The van der Waals surface area contributed by atoms with E-state index in [0.29, 0.717) is 11.3 Å². The van der Waals surface area contributed by atoms with Gasteiger partial charge in [0.15, 0.2) is 0 Å². The van der Waals surface area contributed by atoms with Crippen molar-refractivity contribution in [1.82, 2.24) is 15.5 Å². The van der Waals surface area contributed by atoms with E-state index >= 15 is 0 Å². The van der Waals surface area contributed by atoms with Crippen molar-refractivity contribution in [1.29, 1.82) is 0 Å². The van der Waals surface area contributed by atoms with Gasteiger partial charge in [0.1, 0.15) is 0 Å². The van der Waals surface area contributed by atoms with E-state index < -0.39 is 0 Å². The smallest absolute Gasteiger partial charge is 0.253 e. The first-order valence-electron chi connectivity index (χ1n) is 5.74. The zero-order chi connectivity index (χ0) is 13.1. The fourth-order valence-electron chi connectivity index (χ4n) is 1.73. The SMILES string of the molecule is Cc1cccc(C(=O)NC(C)c2cn[nH]c2)c1N. The highest BCUT2D eigenvalue weighted by Crippen LogP contribution is 2.18. The molecular weight excluding hydrogens is 228 g/mol. The van der Waals surface area contributed by atoms with Gasteiger partial charge >= 0.3 is 0 Å². The Morgan fingerprint density at radius 1 is 1.50 bits per heavy atom. The summed E-state index contributed by atoms with van der Waals surface area (Å²) in [6, 6.07) is 5.31. The number of hydrogen-bond acceptors (Lipinski definition) is 3. The van der Waals surface area contributed by atoms with Crippen LogP contribution in [0.4, 0.5) is 5.69 Å². The predicted molar refractivity (Wildman–Crippen MR) is 70.1 cm³/mol. The second-order valence-corrected chi connectivity index (χ2v) is 4.26. The number of H-pyrrole nitrogens is 1. The fourth-order valence-corrected chi connectivity index (χ4v) is 1.73. The first kappa shape index (κ1) is 12.2. The van der Waals surface area contributed by atoms with Crippen LogP contribution in [0.25, 0.3) is 0 Å². The van der Waals surface area contributed by atoms with Gasteiger partial charge in [-0.1, -0.05) is 12.1 Å². The van der Waals surface area contributed by atoms with E-state index in [1.165, 1.54) is 0 Å². The lowest BCUT2D eigenvalue weighted by atomic mass is 10.1. The molecule has 0 saturated heterocycles. The molecule has 1 heterocycles. The summed E-state index contributed by atoms with van der Waals surface area (Å²) in [5, 5.41) is 9.46. The number of para-hydroxylation sites is 1. The van der Waals surface area contributed by atoms with Crippen molar-refractivity contribution in [2.24, 2.45) is 0 Å². The lowest BCUT2D eigenvalue weighted by molar-refractivity contribution is 0.0940. The molecule has 2 aromatic rings. The molecule has 0 fully saturated rings. The van der Waals surface area contributed by atoms with Gasteiger partial charge in [-0.05, 0) is 25.5 Å². The van der Waals surface area contributed by atoms with Gasteiger partial charge in [-0.3, -0.25) is 9.89 Å². The average molecular weight is 244 g/mol. The summed E-state index contributed by atoms with van der Waals surface area (Å²) >= 11 is 0. The number of hydrogen-bond donors (Lipinski definition) is 3. The van der Waals surface area contributed by atoms with E-state index in [0.717, 1.165) is 11.1 Å². The third-order valence-corrected chi connectivity index (χ3v) is 2.94. The Labute approximate surface area is 105 Å². The quantitative estimate of drug-likeness (QED) is 0.720. The molecule has 0 radical (unpaired) electrons. The number of rotatable bonds is 3. The van der Waals surface area contributed by atoms with Crippen LogP contribution in [0.3, 0.4) is 0 Å². The molecule has 1 unspecified atom stereocenters. The van der Waals surface area contributed by atoms with Crippen molar-refractivity contribution in [3.8, 4) is 0 Å². The lowest BCUT2D eigenvalue weighted by Crippen LogP contribution is -2.27. The van der Waals surface area contributed by atoms with Gasteiger partial charge < -0.3 is 11.1 Å². The summed E-state index contributed by atoms with van der Waals surface area (Å²) in [4.78, 5) is 12.1. The number of nitrogens with one attached hydrogen (secondary N) is 2. The third-order valence-electron chi connectivity index (χ3n) is 2.94. The van der Waals surface area contributed by atoms with Crippen LogP contribution >= 0.6 is 0 Å². The van der Waals surface area contributed by atoms with Crippen molar-refractivity contribution in [2.75, 3.05) is 5.73 Å². The van der Waals surface area contributed by atoms with Gasteiger partial charge in [0.25, 0.3) is 5.91 Å². The van der Waals surface area contributed by atoms with Crippen LogP contribution in [-0.4, -0.2) is 16.1 Å². The molecule has 0 spiro atoms. The topological polar surface area (TPSA) is 83.8 Å². The number of carbonyl (C=O) groups is 1. The minimum atomic E-state index is -0.176. The van der Waals surface area contributed by atoms with Crippen molar-refractivity contribution in [2.45, 2.75) is 19.9 Å². The van der Waals surface area contributed by atoms with E-state index in [-0.39, 0.29) is 11.9 Å². The van der Waals surface area contributed by atoms with Gasteiger partial charge in [0.2, 0.25) is 0 Å². The maximum absolute atomic E-state index is 12.1. The monoisotopic (exact) mass is 244 g/mol. The molecule has 0 aliphatic carbocycles. The number of nitrogens with zero attached hydrogens (tertiary/aromatic N) is 1. The maximum atomic E-state index is 12.1. The molecule has 94 valence electrons. The van der Waals surface area contributed by atoms with Crippen LogP contribution in [0.5, 0.6) is 0 Å². The third kappa shape index (κ3) is 2.34. The molecule has 4 N–H and O–H groups in total. The van der Waals surface area contributed by atoms with Gasteiger partial charge in [-0.15, -0.1) is 0 Å². The van der Waals surface area contributed by atoms with Crippen molar-refractivity contribution >= 4 is 11.6 Å². The lowest BCUT2D eigenvalue weighted by Gasteiger charge is -2.14. The molecule has 2 rings (SSSR count). The highest BCUT2D eigenvalue weighted by molar-refractivity contribution is 5.99. The van der Waals surface area contributed by atoms with Crippen LogP contribution in [0.1, 0.15) is 34.5 Å². The van der Waals surface area contributed by atoms with Crippen molar-refractivity contribution in [3.63, 3.8) is 0 Å². The molecule has 5 heteroatoms. The molecule has 0 aliphatic rings. The molecule has 0 aliphatic heterocycles. The Bertz CT molecular complexity index is 548. The van der Waals surface area contributed by atoms with E-state index in [4.69, 9.17) is 5.73 Å². The van der Waals surface area contributed by atoms with E-state index in [1.807, 2.05) is 26.0 Å². The minimum Gasteiger partial charge on any atom is -0.398 e. The zero-order valence-corrected chi connectivity index (χ0v) is 10.4. The summed E-state index contributed by atoms with van der Waals surface area (Å²) in [5.41, 5.74) is 8.75. The molecular formula is C13H16N4O. The van der Waals surface area contributed by atoms with Crippen LogP contribution in [0.15, 0.2) is 30.6 Å². The molecule has 1 aromatic carbocycles. The zero-order valence-electron chi connectivity index (χ0n) is 10.4. The Hall–Kier alpha value is -2.30. The average Bonchev–Trinajstić information content (AvgIpc) is 2.86. The van der Waals surface area contributed by atoms with Crippen molar-refractivity contribution < 1.29 is 4.79 Å². The summed E-state index contributed by atoms with van der Waals surface area (Å²) < 4.78 is 0. The summed E-state index contributed by atoms with van der Waals surface area (Å²) in [6.45, 7) is 3.78. The van der Waals surface area contributed by atoms with E-state index in [9.17, 15) is 4.79 Å². The van der Waals surface area contributed by atoms with Crippen LogP contribution in [0, 0.1) is 6.92 Å². The maximum Gasteiger partial charge on any atom is 0.253 e. The highest BCUT2D eigenvalue weighted by Gasteiger charge is 2.14. The molecule has 0 saturated carbocycles. The molecule has 5 nitrogen and oxygen atoms in total. The second-order valence-electron chi connectivity index (χ2n) is 4.26. The van der Waals surface area contributed by atoms with Crippen LogP contribution < -0.4 is 11.1 Å². The number of aryl methyl sites for hydroxylation is 1. The normalized spacial score (nSPS) is 12.1. The van der Waals surface area contributed by atoms with Crippen molar-refractivity contribution in [3.05, 3.63) is 47.3 Å². The van der Waals surface area contributed by atoms with Gasteiger partial charge in [-0.2, -0.15) is 5.10 Å². The highest BCUT2D eigenvalue weighted by atomic mass is 16.1. The minimum absolute atomic E-state index is 0.115. The summed E-state index contributed by atoms with van der Waals surface area (Å²) in [5.74, 6) is -0.176. The molecule has 1 amide bonds. The number of nitrogen functional groups attached to an aromatic ring is 1. The number of carbonyl (C=O) groups excluding carboxylic acids is 1. The predicted octanol–water partition coefficient (Wildman–Crippen LogP) is 1.79. The number of aromatic amines is 1. The van der Waals surface area contributed by atoms with Gasteiger partial charge in [0.05, 0.1) is 17.8 Å². The summed E-state index contributed by atoms with van der Waals surface area (Å²) in [7, 11) is 0. The largest absolute Gasteiger partial charge is 0.398 e. The van der Waals surface area contributed by atoms with Gasteiger partial charge in [-0.25, -0.2) is 0 Å². The number of aromatic nitrogens is 2. The first-order chi connectivity index (χ1) is 8.59. The molecule has 1 aromatic heterocycles. The molecule has 18 heavy (non-hydrogen) atoms. The van der Waals surface area contributed by atoms with Crippen LogP contribution in [0.2, 0.25) is 0 Å². The molecule has 1 atom stereocenters. The number of amides is 1. The number of nitrogens with two attached hydrogens (primary N) is 1. The Morgan fingerprint density at radius 3 is 2.94 bits per heavy atom. The first-order valence-corrected chi connectivity index (χ1v) is 5.74. The molecule has 0 bridgehead atoms.